The number of nitrogens with one attached hydrogen (secondary N) is 1. The summed E-state index contributed by atoms with van der Waals surface area (Å²) < 4.78 is 6.09. The van der Waals surface area contributed by atoms with Gasteiger partial charge in [0.2, 0.25) is 0 Å². The molecule has 1 aromatic carbocycles. The fourth-order valence-corrected chi connectivity index (χ4v) is 4.50. The highest BCUT2D eigenvalue weighted by atomic mass is 16.5. The SMILES string of the molecule is O=C(NC1CCCCC1)C1CN(Cc2ccc(C3CC3)nc2)c2ccccc2O1. The Kier molecular flexibility index (Phi) is 5.13. The molecule has 2 aromatic rings. The molecular formula is C24H29N3O2. The number of hydrogen-bond acceptors (Lipinski definition) is 4. The fourth-order valence-electron chi connectivity index (χ4n) is 4.50. The summed E-state index contributed by atoms with van der Waals surface area (Å²) in [5.41, 5.74) is 3.42. The van der Waals surface area contributed by atoms with Crippen LogP contribution >= 0.6 is 0 Å². The van der Waals surface area contributed by atoms with Crippen LogP contribution < -0.4 is 15.0 Å². The van der Waals surface area contributed by atoms with Crippen LogP contribution in [0.25, 0.3) is 0 Å². The third-order valence-electron chi connectivity index (χ3n) is 6.32. The summed E-state index contributed by atoms with van der Waals surface area (Å²) in [7, 11) is 0. The van der Waals surface area contributed by atoms with Gasteiger partial charge in [-0.15, -0.1) is 0 Å². The van der Waals surface area contributed by atoms with Crippen LogP contribution in [0, 0.1) is 0 Å². The van der Waals surface area contributed by atoms with Crippen LogP contribution in [0.4, 0.5) is 5.69 Å². The van der Waals surface area contributed by atoms with Crippen molar-refractivity contribution in [3.05, 3.63) is 53.9 Å². The van der Waals surface area contributed by atoms with Crippen LogP contribution in [0.3, 0.4) is 0 Å². The molecule has 152 valence electrons. The van der Waals surface area contributed by atoms with E-state index in [1.807, 2.05) is 24.4 Å². The maximum Gasteiger partial charge on any atom is 0.263 e. The van der Waals surface area contributed by atoms with E-state index in [4.69, 9.17) is 4.74 Å². The first kappa shape index (κ1) is 18.5. The number of carbonyl (C=O) groups is 1. The van der Waals surface area contributed by atoms with Crippen molar-refractivity contribution in [2.45, 2.75) is 69.6 Å². The number of benzene rings is 1. The highest BCUT2D eigenvalue weighted by molar-refractivity contribution is 5.83. The van der Waals surface area contributed by atoms with Gasteiger partial charge in [0, 0.05) is 30.4 Å². The zero-order valence-corrected chi connectivity index (χ0v) is 16.8. The topological polar surface area (TPSA) is 54.5 Å². The maximum absolute atomic E-state index is 12.9. The van der Waals surface area contributed by atoms with Crippen LogP contribution in [0.1, 0.15) is 62.1 Å². The highest BCUT2D eigenvalue weighted by Crippen LogP contribution is 2.39. The van der Waals surface area contributed by atoms with E-state index in [0.29, 0.717) is 18.5 Å². The number of rotatable bonds is 5. The number of aromatic nitrogens is 1. The number of pyridine rings is 1. The Balaban J connectivity index is 1.30. The van der Waals surface area contributed by atoms with Gasteiger partial charge >= 0.3 is 0 Å². The van der Waals surface area contributed by atoms with E-state index in [9.17, 15) is 4.79 Å². The molecule has 1 unspecified atom stereocenters. The van der Waals surface area contributed by atoms with Crippen molar-refractivity contribution in [1.82, 2.24) is 10.3 Å². The van der Waals surface area contributed by atoms with Crippen molar-refractivity contribution < 1.29 is 9.53 Å². The number of ether oxygens (including phenoxy) is 1. The lowest BCUT2D eigenvalue weighted by Crippen LogP contribution is -2.51. The van der Waals surface area contributed by atoms with Gasteiger partial charge in [-0.2, -0.15) is 0 Å². The van der Waals surface area contributed by atoms with Crippen LogP contribution in [0.15, 0.2) is 42.6 Å². The average Bonchev–Trinajstić information content (AvgIpc) is 3.60. The summed E-state index contributed by atoms with van der Waals surface area (Å²) in [5, 5.41) is 3.23. The summed E-state index contributed by atoms with van der Waals surface area (Å²) >= 11 is 0. The summed E-state index contributed by atoms with van der Waals surface area (Å²) in [5.74, 6) is 1.46. The number of carbonyl (C=O) groups excluding carboxylic acids is 1. The molecule has 1 amide bonds. The minimum atomic E-state index is -0.481. The smallest absolute Gasteiger partial charge is 0.263 e. The first-order chi connectivity index (χ1) is 14.3. The van der Waals surface area contributed by atoms with Crippen molar-refractivity contribution in [2.75, 3.05) is 11.4 Å². The van der Waals surface area contributed by atoms with Crippen LogP contribution in [0.5, 0.6) is 5.75 Å². The predicted molar refractivity (Wildman–Crippen MR) is 113 cm³/mol. The van der Waals surface area contributed by atoms with Gasteiger partial charge in [-0.1, -0.05) is 37.5 Å². The summed E-state index contributed by atoms with van der Waals surface area (Å²) in [6.45, 7) is 1.28. The molecule has 1 aliphatic heterocycles. The third-order valence-corrected chi connectivity index (χ3v) is 6.32. The summed E-state index contributed by atoms with van der Waals surface area (Å²) in [6, 6.07) is 12.6. The molecule has 29 heavy (non-hydrogen) atoms. The second-order valence-corrected chi connectivity index (χ2v) is 8.66. The number of amides is 1. The largest absolute Gasteiger partial charge is 0.477 e. The first-order valence-electron chi connectivity index (χ1n) is 11.0. The molecule has 0 radical (unpaired) electrons. The van der Waals surface area contributed by atoms with E-state index >= 15 is 0 Å². The molecule has 2 fully saturated rings. The number of para-hydroxylation sites is 2. The standard InChI is InChI=1S/C24H29N3O2/c28-24(26-19-6-2-1-3-7-19)23-16-27(21-8-4-5-9-22(21)29-23)15-17-10-13-20(25-14-17)18-11-12-18/h4-5,8-10,13-14,18-19,23H,1-3,6-7,11-12,15-16H2,(H,26,28). The first-order valence-corrected chi connectivity index (χ1v) is 11.0. The summed E-state index contributed by atoms with van der Waals surface area (Å²) in [6.07, 6.45) is 9.89. The molecule has 3 aliphatic rings. The van der Waals surface area contributed by atoms with Gasteiger partial charge in [0.25, 0.3) is 5.91 Å². The van der Waals surface area contributed by atoms with Gasteiger partial charge in [-0.25, -0.2) is 0 Å². The lowest BCUT2D eigenvalue weighted by Gasteiger charge is -2.36. The normalized spacial score (nSPS) is 21.9. The molecule has 5 heteroatoms. The van der Waals surface area contributed by atoms with Gasteiger partial charge in [0.05, 0.1) is 12.2 Å². The van der Waals surface area contributed by atoms with E-state index in [2.05, 4.69) is 33.4 Å². The molecule has 5 rings (SSSR count). The number of fused-ring (bicyclic) bond motifs is 1. The molecule has 0 saturated heterocycles. The molecule has 0 bridgehead atoms. The van der Waals surface area contributed by atoms with Gasteiger partial charge < -0.3 is 15.0 Å². The van der Waals surface area contributed by atoms with E-state index in [1.165, 1.54) is 37.8 Å². The van der Waals surface area contributed by atoms with E-state index < -0.39 is 6.10 Å². The Morgan fingerprint density at radius 1 is 1.07 bits per heavy atom. The Bertz CT molecular complexity index is 857. The van der Waals surface area contributed by atoms with Gasteiger partial charge in [0.1, 0.15) is 5.75 Å². The Morgan fingerprint density at radius 2 is 1.90 bits per heavy atom. The second-order valence-electron chi connectivity index (χ2n) is 8.66. The van der Waals surface area contributed by atoms with Crippen molar-refractivity contribution in [1.29, 1.82) is 0 Å². The number of nitrogens with zero attached hydrogens (tertiary/aromatic N) is 2. The molecule has 5 nitrogen and oxygen atoms in total. The summed E-state index contributed by atoms with van der Waals surface area (Å²) in [4.78, 5) is 19.8. The Hall–Kier alpha value is -2.56. The maximum atomic E-state index is 12.9. The molecule has 2 aliphatic carbocycles. The Labute approximate surface area is 172 Å². The molecule has 2 heterocycles. The van der Waals surface area contributed by atoms with E-state index in [-0.39, 0.29) is 5.91 Å². The molecule has 0 spiro atoms. The molecule has 1 atom stereocenters. The zero-order valence-electron chi connectivity index (χ0n) is 16.8. The number of anilines is 1. The van der Waals surface area contributed by atoms with Crippen molar-refractivity contribution in [3.8, 4) is 5.75 Å². The molecule has 1 aromatic heterocycles. The fraction of sp³-hybridized carbons (Fsp3) is 0.500. The van der Waals surface area contributed by atoms with Crippen LogP contribution in [-0.4, -0.2) is 29.6 Å². The molecular weight excluding hydrogens is 362 g/mol. The lowest BCUT2D eigenvalue weighted by molar-refractivity contribution is -0.128. The van der Waals surface area contributed by atoms with Crippen molar-refractivity contribution >= 4 is 11.6 Å². The minimum absolute atomic E-state index is 0.0126. The number of hydrogen-bond donors (Lipinski definition) is 1. The average molecular weight is 392 g/mol. The second kappa shape index (κ2) is 8.05. The monoisotopic (exact) mass is 391 g/mol. The predicted octanol–water partition coefficient (Wildman–Crippen LogP) is 4.18. The molecule has 2 saturated carbocycles. The van der Waals surface area contributed by atoms with Gasteiger partial charge in [-0.3, -0.25) is 9.78 Å². The highest BCUT2D eigenvalue weighted by Gasteiger charge is 2.32. The lowest BCUT2D eigenvalue weighted by atomic mass is 9.95. The van der Waals surface area contributed by atoms with Crippen molar-refractivity contribution in [3.63, 3.8) is 0 Å². The van der Waals surface area contributed by atoms with Gasteiger partial charge in [-0.05, 0) is 49.4 Å². The van der Waals surface area contributed by atoms with E-state index in [1.54, 1.807) is 0 Å². The van der Waals surface area contributed by atoms with Gasteiger partial charge in [0.15, 0.2) is 6.10 Å². The van der Waals surface area contributed by atoms with Crippen LogP contribution in [-0.2, 0) is 11.3 Å². The quantitative estimate of drug-likeness (QED) is 0.831. The van der Waals surface area contributed by atoms with Crippen molar-refractivity contribution in [2.24, 2.45) is 0 Å². The molecule has 1 N–H and O–H groups in total. The Morgan fingerprint density at radius 3 is 2.66 bits per heavy atom. The third kappa shape index (κ3) is 4.24. The van der Waals surface area contributed by atoms with Crippen LogP contribution in [0.2, 0.25) is 0 Å². The van der Waals surface area contributed by atoms with E-state index in [0.717, 1.165) is 36.4 Å². The minimum Gasteiger partial charge on any atom is -0.477 e. The zero-order chi connectivity index (χ0) is 19.6.